The standard InChI is InChI=1S/C11H13FN6/c1-7-14-4-3-8(17-7)5-15-10-9(12)6-16-11(13-2)18-10/h3-4,6H,5H2,1-2H3,(H2,13,15,16,18). The van der Waals surface area contributed by atoms with Gasteiger partial charge in [-0.15, -0.1) is 0 Å². The number of hydrogen-bond acceptors (Lipinski definition) is 6. The van der Waals surface area contributed by atoms with Crippen molar-refractivity contribution in [1.82, 2.24) is 19.9 Å². The van der Waals surface area contributed by atoms with E-state index in [1.807, 2.05) is 0 Å². The predicted octanol–water partition coefficient (Wildman–Crippen LogP) is 1.37. The molecule has 0 aliphatic heterocycles. The van der Waals surface area contributed by atoms with Crippen molar-refractivity contribution in [2.45, 2.75) is 13.5 Å². The first-order valence-corrected chi connectivity index (χ1v) is 5.41. The normalized spacial score (nSPS) is 10.2. The van der Waals surface area contributed by atoms with Crippen LogP contribution < -0.4 is 10.6 Å². The third-order valence-corrected chi connectivity index (χ3v) is 2.24. The summed E-state index contributed by atoms with van der Waals surface area (Å²) in [6, 6.07) is 1.76. The quantitative estimate of drug-likeness (QED) is 0.851. The van der Waals surface area contributed by atoms with E-state index >= 15 is 0 Å². The van der Waals surface area contributed by atoms with E-state index in [0.717, 1.165) is 11.9 Å². The largest absolute Gasteiger partial charge is 0.362 e. The van der Waals surface area contributed by atoms with Crippen molar-refractivity contribution < 1.29 is 4.39 Å². The van der Waals surface area contributed by atoms with Crippen molar-refractivity contribution in [3.8, 4) is 0 Å². The van der Waals surface area contributed by atoms with Gasteiger partial charge in [0.2, 0.25) is 5.95 Å². The summed E-state index contributed by atoms with van der Waals surface area (Å²) in [5.74, 6) is 0.677. The second kappa shape index (κ2) is 5.35. The van der Waals surface area contributed by atoms with Crippen LogP contribution in [0.2, 0.25) is 0 Å². The Bertz CT molecular complexity index is 545. The minimum atomic E-state index is -0.500. The zero-order valence-electron chi connectivity index (χ0n) is 10.1. The van der Waals surface area contributed by atoms with Crippen LogP contribution in [0.25, 0.3) is 0 Å². The first kappa shape index (κ1) is 12.2. The molecule has 2 rings (SSSR count). The van der Waals surface area contributed by atoms with Gasteiger partial charge >= 0.3 is 0 Å². The monoisotopic (exact) mass is 248 g/mol. The van der Waals surface area contributed by atoms with Gasteiger partial charge in [0, 0.05) is 13.2 Å². The van der Waals surface area contributed by atoms with E-state index < -0.39 is 5.82 Å². The molecule has 0 saturated carbocycles. The van der Waals surface area contributed by atoms with Crippen LogP contribution in [0.3, 0.4) is 0 Å². The van der Waals surface area contributed by atoms with Gasteiger partial charge in [-0.2, -0.15) is 4.98 Å². The maximum atomic E-state index is 13.4. The molecule has 7 heteroatoms. The summed E-state index contributed by atoms with van der Waals surface area (Å²) in [4.78, 5) is 15.9. The lowest BCUT2D eigenvalue weighted by Gasteiger charge is -2.07. The highest BCUT2D eigenvalue weighted by Crippen LogP contribution is 2.12. The highest BCUT2D eigenvalue weighted by molar-refractivity contribution is 5.40. The van der Waals surface area contributed by atoms with Crippen LogP contribution in [0.5, 0.6) is 0 Å². The van der Waals surface area contributed by atoms with Crippen molar-refractivity contribution in [2.24, 2.45) is 0 Å². The highest BCUT2D eigenvalue weighted by atomic mass is 19.1. The van der Waals surface area contributed by atoms with E-state index in [1.165, 1.54) is 0 Å². The maximum absolute atomic E-state index is 13.4. The van der Waals surface area contributed by atoms with E-state index in [0.29, 0.717) is 18.3 Å². The third kappa shape index (κ3) is 2.88. The Hall–Kier alpha value is -2.31. The summed E-state index contributed by atoms with van der Waals surface area (Å²) in [7, 11) is 1.67. The molecule has 0 spiro atoms. The number of nitrogens with zero attached hydrogens (tertiary/aromatic N) is 4. The molecule has 0 bridgehead atoms. The molecular weight excluding hydrogens is 235 g/mol. The van der Waals surface area contributed by atoms with E-state index in [-0.39, 0.29) is 5.82 Å². The molecule has 94 valence electrons. The summed E-state index contributed by atoms with van der Waals surface area (Å²) < 4.78 is 13.4. The topological polar surface area (TPSA) is 75.6 Å². The summed E-state index contributed by atoms with van der Waals surface area (Å²) in [5.41, 5.74) is 0.770. The van der Waals surface area contributed by atoms with Crippen LogP contribution in [0.15, 0.2) is 18.5 Å². The molecule has 0 fully saturated rings. The Morgan fingerprint density at radius 1 is 1.28 bits per heavy atom. The van der Waals surface area contributed by atoms with E-state index in [4.69, 9.17) is 0 Å². The van der Waals surface area contributed by atoms with Crippen molar-refractivity contribution in [3.63, 3.8) is 0 Å². The summed E-state index contributed by atoms with van der Waals surface area (Å²) in [5, 5.41) is 5.62. The minimum absolute atomic E-state index is 0.144. The molecule has 0 unspecified atom stereocenters. The molecule has 2 aromatic rings. The van der Waals surface area contributed by atoms with Crippen LogP contribution in [0, 0.1) is 12.7 Å². The van der Waals surface area contributed by atoms with Gasteiger partial charge in [-0.25, -0.2) is 19.3 Å². The fourth-order valence-electron chi connectivity index (χ4n) is 1.39. The van der Waals surface area contributed by atoms with E-state index in [9.17, 15) is 4.39 Å². The second-order valence-electron chi connectivity index (χ2n) is 3.59. The second-order valence-corrected chi connectivity index (χ2v) is 3.59. The molecule has 0 saturated heterocycles. The van der Waals surface area contributed by atoms with E-state index in [1.54, 1.807) is 26.2 Å². The average molecular weight is 248 g/mol. The molecule has 2 aromatic heterocycles. The van der Waals surface area contributed by atoms with Gasteiger partial charge in [0.1, 0.15) is 5.82 Å². The molecular formula is C11H13FN6. The fourth-order valence-corrected chi connectivity index (χ4v) is 1.39. The lowest BCUT2D eigenvalue weighted by Crippen LogP contribution is -2.08. The van der Waals surface area contributed by atoms with Gasteiger partial charge in [-0.3, -0.25) is 0 Å². The molecule has 0 amide bonds. The lowest BCUT2D eigenvalue weighted by molar-refractivity contribution is 0.617. The Morgan fingerprint density at radius 2 is 2.11 bits per heavy atom. The molecule has 0 aromatic carbocycles. The first-order chi connectivity index (χ1) is 8.69. The molecule has 0 aliphatic carbocycles. The van der Waals surface area contributed by atoms with Gasteiger partial charge in [-0.1, -0.05) is 0 Å². The third-order valence-electron chi connectivity index (χ3n) is 2.24. The predicted molar refractivity (Wildman–Crippen MR) is 65.6 cm³/mol. The van der Waals surface area contributed by atoms with Gasteiger partial charge in [0.15, 0.2) is 11.6 Å². The Kier molecular flexibility index (Phi) is 3.61. The average Bonchev–Trinajstić information content (AvgIpc) is 2.38. The number of halogens is 1. The summed E-state index contributed by atoms with van der Waals surface area (Å²) >= 11 is 0. The molecule has 0 aliphatic rings. The molecule has 2 N–H and O–H groups in total. The fraction of sp³-hybridized carbons (Fsp3) is 0.273. The van der Waals surface area contributed by atoms with Crippen LogP contribution in [0.1, 0.15) is 11.5 Å². The van der Waals surface area contributed by atoms with Gasteiger partial charge in [0.25, 0.3) is 0 Å². The minimum Gasteiger partial charge on any atom is -0.362 e. The summed E-state index contributed by atoms with van der Waals surface area (Å²) in [6.07, 6.45) is 2.78. The van der Waals surface area contributed by atoms with Gasteiger partial charge in [0.05, 0.1) is 18.4 Å². The highest BCUT2D eigenvalue weighted by Gasteiger charge is 2.06. The Labute approximate surface area is 104 Å². The number of nitrogens with one attached hydrogen (secondary N) is 2. The zero-order chi connectivity index (χ0) is 13.0. The van der Waals surface area contributed by atoms with Gasteiger partial charge in [-0.05, 0) is 13.0 Å². The Morgan fingerprint density at radius 3 is 2.83 bits per heavy atom. The van der Waals surface area contributed by atoms with Crippen LogP contribution in [-0.4, -0.2) is 27.0 Å². The molecule has 18 heavy (non-hydrogen) atoms. The first-order valence-electron chi connectivity index (χ1n) is 5.41. The number of anilines is 2. The molecule has 0 atom stereocenters. The van der Waals surface area contributed by atoms with Gasteiger partial charge < -0.3 is 10.6 Å². The zero-order valence-corrected chi connectivity index (χ0v) is 10.1. The SMILES string of the molecule is CNc1ncc(F)c(NCc2ccnc(C)n2)n1. The smallest absolute Gasteiger partial charge is 0.224 e. The van der Waals surface area contributed by atoms with Crippen molar-refractivity contribution >= 4 is 11.8 Å². The molecule has 2 heterocycles. The van der Waals surface area contributed by atoms with Crippen LogP contribution >= 0.6 is 0 Å². The van der Waals surface area contributed by atoms with E-state index in [2.05, 4.69) is 30.6 Å². The van der Waals surface area contributed by atoms with Crippen molar-refractivity contribution in [3.05, 3.63) is 35.8 Å². The number of hydrogen-bond donors (Lipinski definition) is 2. The van der Waals surface area contributed by atoms with Crippen LogP contribution in [0.4, 0.5) is 16.2 Å². The molecule has 6 nitrogen and oxygen atoms in total. The van der Waals surface area contributed by atoms with Crippen molar-refractivity contribution in [2.75, 3.05) is 17.7 Å². The molecule has 0 radical (unpaired) electrons. The number of rotatable bonds is 4. The summed E-state index contributed by atoms with van der Waals surface area (Å²) in [6.45, 7) is 2.17. The number of aryl methyl sites for hydroxylation is 1. The van der Waals surface area contributed by atoms with Crippen LogP contribution in [-0.2, 0) is 6.54 Å². The lowest BCUT2D eigenvalue weighted by atomic mass is 10.4. The Balaban J connectivity index is 2.10. The number of aromatic nitrogens is 4. The van der Waals surface area contributed by atoms with Crippen molar-refractivity contribution in [1.29, 1.82) is 0 Å². The maximum Gasteiger partial charge on any atom is 0.224 e.